The Bertz CT molecular complexity index is 761. The monoisotopic (exact) mass is 319 g/mol. The Morgan fingerprint density at radius 3 is 2.48 bits per heavy atom. The molecule has 0 amide bonds. The lowest BCUT2D eigenvalue weighted by atomic mass is 10.4. The molecule has 10 heteroatoms. The maximum atomic E-state index is 12.1. The smallest absolute Gasteiger partial charge is 0.330 e. The van der Waals surface area contributed by atoms with Crippen molar-refractivity contribution in [3.8, 4) is 0 Å². The van der Waals surface area contributed by atoms with Crippen LogP contribution in [0.15, 0.2) is 20.7 Å². The molecule has 0 radical (unpaired) electrons. The van der Waals surface area contributed by atoms with Crippen LogP contribution in [0.25, 0.3) is 0 Å². The van der Waals surface area contributed by atoms with Gasteiger partial charge in [-0.25, -0.2) is 13.2 Å². The van der Waals surface area contributed by atoms with Crippen molar-refractivity contribution >= 4 is 16.0 Å². The Kier molecular flexibility index (Phi) is 5.07. The lowest BCUT2D eigenvalue weighted by molar-refractivity contribution is -0.144. The summed E-state index contributed by atoms with van der Waals surface area (Å²) in [6, 6.07) is -1.16. The number of aromatic nitrogens is 2. The number of hydrogen-bond donors (Lipinski definition) is 1. The summed E-state index contributed by atoms with van der Waals surface area (Å²) in [6.07, 6.45) is 0.908. The summed E-state index contributed by atoms with van der Waals surface area (Å²) < 4.78 is 32.6. The zero-order valence-electron chi connectivity index (χ0n) is 12.1. The standard InChI is InChI=1S/C11H17N3O6S/c1-5-20-10(16)7(2)12-21(18,19)8-6-13(3)11(17)14(4)9(8)15/h6-7,12H,5H2,1-4H3. The molecule has 0 aliphatic carbocycles. The van der Waals surface area contributed by atoms with Crippen LogP contribution >= 0.6 is 0 Å². The van der Waals surface area contributed by atoms with Gasteiger partial charge in [0.2, 0.25) is 10.0 Å². The molecular weight excluding hydrogens is 302 g/mol. The van der Waals surface area contributed by atoms with E-state index in [-0.39, 0.29) is 6.61 Å². The number of hydrogen-bond acceptors (Lipinski definition) is 6. The van der Waals surface area contributed by atoms with Crippen molar-refractivity contribution in [2.45, 2.75) is 24.8 Å². The van der Waals surface area contributed by atoms with E-state index in [1.165, 1.54) is 21.0 Å². The van der Waals surface area contributed by atoms with Gasteiger partial charge in [-0.2, -0.15) is 4.72 Å². The quantitative estimate of drug-likeness (QED) is 0.648. The fraction of sp³-hybridized carbons (Fsp3) is 0.545. The second-order valence-corrected chi connectivity index (χ2v) is 6.03. The summed E-state index contributed by atoms with van der Waals surface area (Å²) in [5.41, 5.74) is -1.63. The number of carbonyl (C=O) groups is 1. The first-order valence-corrected chi connectivity index (χ1v) is 7.55. The fourth-order valence-corrected chi connectivity index (χ4v) is 2.92. The fourth-order valence-electron chi connectivity index (χ4n) is 1.57. The lowest BCUT2D eigenvalue weighted by Gasteiger charge is -2.13. The predicted molar refractivity (Wildman–Crippen MR) is 73.3 cm³/mol. The Balaban J connectivity index is 3.25. The van der Waals surface area contributed by atoms with Gasteiger partial charge in [0.1, 0.15) is 6.04 Å². The van der Waals surface area contributed by atoms with Crippen molar-refractivity contribution in [1.82, 2.24) is 13.9 Å². The summed E-state index contributed by atoms with van der Waals surface area (Å²) in [7, 11) is -1.78. The maximum absolute atomic E-state index is 12.1. The Morgan fingerprint density at radius 1 is 1.38 bits per heavy atom. The van der Waals surface area contributed by atoms with Crippen molar-refractivity contribution in [2.75, 3.05) is 6.61 Å². The molecule has 0 aliphatic heterocycles. The summed E-state index contributed by atoms with van der Waals surface area (Å²) in [5.74, 6) is -0.761. The summed E-state index contributed by atoms with van der Waals surface area (Å²) in [5, 5.41) is 0. The molecule has 0 aliphatic rings. The third-order valence-corrected chi connectivity index (χ3v) is 4.20. The minimum absolute atomic E-state index is 0.104. The van der Waals surface area contributed by atoms with E-state index in [4.69, 9.17) is 0 Å². The largest absolute Gasteiger partial charge is 0.465 e. The minimum Gasteiger partial charge on any atom is -0.465 e. The average molecular weight is 319 g/mol. The van der Waals surface area contributed by atoms with Crippen LogP contribution < -0.4 is 16.0 Å². The molecule has 0 saturated heterocycles. The SMILES string of the molecule is CCOC(=O)C(C)NS(=O)(=O)c1cn(C)c(=O)n(C)c1=O. The lowest BCUT2D eigenvalue weighted by Crippen LogP contribution is -2.45. The van der Waals surface area contributed by atoms with E-state index in [9.17, 15) is 22.8 Å². The molecule has 0 bridgehead atoms. The van der Waals surface area contributed by atoms with Crippen LogP contribution in [-0.2, 0) is 33.7 Å². The van der Waals surface area contributed by atoms with Gasteiger partial charge >= 0.3 is 11.7 Å². The Hall–Kier alpha value is -1.94. The van der Waals surface area contributed by atoms with Gasteiger partial charge in [0.25, 0.3) is 5.56 Å². The topological polar surface area (TPSA) is 116 Å². The molecule has 0 fully saturated rings. The molecule has 0 aromatic carbocycles. The number of nitrogens with zero attached hydrogens (tertiary/aromatic N) is 2. The van der Waals surface area contributed by atoms with Gasteiger partial charge in [-0.3, -0.25) is 14.2 Å². The number of rotatable bonds is 5. The minimum atomic E-state index is -4.26. The zero-order valence-corrected chi connectivity index (χ0v) is 12.9. The highest BCUT2D eigenvalue weighted by Gasteiger charge is 2.26. The van der Waals surface area contributed by atoms with Crippen LogP contribution in [0.4, 0.5) is 0 Å². The molecule has 1 N–H and O–H groups in total. The third kappa shape index (κ3) is 3.58. The van der Waals surface area contributed by atoms with Crippen LogP contribution in [0.2, 0.25) is 0 Å². The Morgan fingerprint density at radius 2 is 1.95 bits per heavy atom. The van der Waals surface area contributed by atoms with Crippen molar-refractivity contribution in [2.24, 2.45) is 14.1 Å². The molecule has 9 nitrogen and oxygen atoms in total. The molecule has 21 heavy (non-hydrogen) atoms. The number of sulfonamides is 1. The van der Waals surface area contributed by atoms with E-state index >= 15 is 0 Å². The highest BCUT2D eigenvalue weighted by Crippen LogP contribution is 2.02. The van der Waals surface area contributed by atoms with E-state index in [1.54, 1.807) is 6.92 Å². The van der Waals surface area contributed by atoms with Crippen molar-refractivity contribution < 1.29 is 17.9 Å². The second kappa shape index (κ2) is 6.22. The Labute approximate surface area is 121 Å². The molecule has 1 aromatic heterocycles. The number of ether oxygens (including phenoxy) is 1. The van der Waals surface area contributed by atoms with Crippen LogP contribution in [0.3, 0.4) is 0 Å². The van der Waals surface area contributed by atoms with E-state index in [0.29, 0.717) is 4.57 Å². The van der Waals surface area contributed by atoms with Gasteiger partial charge in [-0.1, -0.05) is 0 Å². The summed E-state index contributed by atoms with van der Waals surface area (Å²) in [6.45, 7) is 2.98. The molecule has 0 spiro atoms. The van der Waals surface area contributed by atoms with E-state index in [0.717, 1.165) is 10.8 Å². The molecule has 1 unspecified atom stereocenters. The second-order valence-electron chi connectivity index (χ2n) is 4.35. The molecule has 118 valence electrons. The number of nitrogens with one attached hydrogen (secondary N) is 1. The highest BCUT2D eigenvalue weighted by atomic mass is 32.2. The maximum Gasteiger partial charge on any atom is 0.330 e. The number of carbonyl (C=O) groups excluding carboxylic acids is 1. The van der Waals surface area contributed by atoms with E-state index < -0.39 is 38.2 Å². The van der Waals surface area contributed by atoms with Gasteiger partial charge in [0.05, 0.1) is 6.61 Å². The molecule has 1 aromatic rings. The molecule has 1 heterocycles. The molecular formula is C11H17N3O6S. The first-order valence-electron chi connectivity index (χ1n) is 6.07. The number of aryl methyl sites for hydroxylation is 1. The van der Waals surface area contributed by atoms with Gasteiger partial charge in [0, 0.05) is 20.3 Å². The third-order valence-electron chi connectivity index (χ3n) is 2.68. The predicted octanol–water partition coefficient (Wildman–Crippen LogP) is -1.69. The molecule has 0 saturated carbocycles. The normalized spacial score (nSPS) is 13.0. The number of esters is 1. The van der Waals surface area contributed by atoms with Gasteiger partial charge in [-0.05, 0) is 13.8 Å². The summed E-state index contributed by atoms with van der Waals surface area (Å²) >= 11 is 0. The van der Waals surface area contributed by atoms with Crippen LogP contribution in [-0.4, -0.2) is 36.2 Å². The van der Waals surface area contributed by atoms with Crippen LogP contribution in [0.5, 0.6) is 0 Å². The van der Waals surface area contributed by atoms with Crippen LogP contribution in [0, 0.1) is 0 Å². The van der Waals surface area contributed by atoms with Crippen molar-refractivity contribution in [1.29, 1.82) is 0 Å². The van der Waals surface area contributed by atoms with Crippen molar-refractivity contribution in [3.63, 3.8) is 0 Å². The van der Waals surface area contributed by atoms with E-state index in [2.05, 4.69) is 4.74 Å². The van der Waals surface area contributed by atoms with Gasteiger partial charge < -0.3 is 9.30 Å². The zero-order chi connectivity index (χ0) is 16.4. The van der Waals surface area contributed by atoms with Gasteiger partial charge in [-0.15, -0.1) is 0 Å². The first kappa shape index (κ1) is 17.1. The summed E-state index contributed by atoms with van der Waals surface area (Å²) in [4.78, 5) is 34.2. The molecule has 1 atom stereocenters. The average Bonchev–Trinajstić information content (AvgIpc) is 2.40. The van der Waals surface area contributed by atoms with Gasteiger partial charge in [0.15, 0.2) is 4.90 Å². The highest BCUT2D eigenvalue weighted by molar-refractivity contribution is 7.89. The first-order chi connectivity index (χ1) is 9.61. The molecule has 1 rings (SSSR count). The van der Waals surface area contributed by atoms with Crippen molar-refractivity contribution in [3.05, 3.63) is 27.0 Å². The van der Waals surface area contributed by atoms with Crippen LogP contribution in [0.1, 0.15) is 13.8 Å². The van der Waals surface area contributed by atoms with E-state index in [1.807, 2.05) is 4.72 Å².